The molecule has 1 fully saturated rings. The van der Waals surface area contributed by atoms with E-state index in [9.17, 15) is 9.59 Å². The van der Waals surface area contributed by atoms with Gasteiger partial charge in [0.05, 0.1) is 29.1 Å². The van der Waals surface area contributed by atoms with Gasteiger partial charge in [-0.15, -0.1) is 0 Å². The molecule has 31 heavy (non-hydrogen) atoms. The van der Waals surface area contributed by atoms with E-state index in [1.54, 1.807) is 12.1 Å². The van der Waals surface area contributed by atoms with Crippen molar-refractivity contribution in [1.29, 1.82) is 0 Å². The van der Waals surface area contributed by atoms with E-state index in [-0.39, 0.29) is 24.0 Å². The summed E-state index contributed by atoms with van der Waals surface area (Å²) in [7, 11) is 1.92. The van der Waals surface area contributed by atoms with E-state index in [1.165, 1.54) is 25.3 Å². The third kappa shape index (κ3) is 6.71. The number of likely N-dealkylation sites (N-methyl/N-ethyl adjacent to an activating group) is 1. The van der Waals surface area contributed by atoms with Crippen molar-refractivity contribution in [3.8, 4) is 0 Å². The first-order valence-electron chi connectivity index (χ1n) is 11.1. The van der Waals surface area contributed by atoms with E-state index in [4.69, 9.17) is 27.9 Å². The quantitative estimate of drug-likeness (QED) is 0.310. The summed E-state index contributed by atoms with van der Waals surface area (Å²) in [6, 6.07) is 5.77. The minimum absolute atomic E-state index is 0.0966. The third-order valence-corrected chi connectivity index (χ3v) is 7.04. The number of nitrogens with zero attached hydrogens (tertiary/aromatic N) is 2. The van der Waals surface area contributed by atoms with Crippen molar-refractivity contribution in [1.82, 2.24) is 9.80 Å². The predicted molar refractivity (Wildman–Crippen MR) is 125 cm³/mol. The van der Waals surface area contributed by atoms with E-state index in [0.717, 1.165) is 44.3 Å². The predicted octanol–water partition coefficient (Wildman–Crippen LogP) is 4.89. The Bertz CT molecular complexity index is 821. The Labute approximate surface area is 195 Å². The highest BCUT2D eigenvalue weighted by Crippen LogP contribution is 2.31. The zero-order valence-electron chi connectivity index (χ0n) is 18.4. The highest BCUT2D eigenvalue weighted by Gasteiger charge is 2.35. The van der Waals surface area contributed by atoms with Gasteiger partial charge in [-0.2, -0.15) is 0 Å². The van der Waals surface area contributed by atoms with E-state index < -0.39 is 0 Å². The van der Waals surface area contributed by atoms with Crippen molar-refractivity contribution in [2.75, 3.05) is 26.7 Å². The van der Waals surface area contributed by atoms with Gasteiger partial charge in [0.1, 0.15) is 0 Å². The van der Waals surface area contributed by atoms with E-state index in [0.29, 0.717) is 23.1 Å². The monoisotopic (exact) mass is 466 g/mol. The number of likely N-dealkylation sites (tertiary alicyclic amines) is 1. The summed E-state index contributed by atoms with van der Waals surface area (Å²) < 4.78 is 5.08. The van der Waals surface area contributed by atoms with Crippen LogP contribution in [0, 0.1) is 0 Å². The fourth-order valence-electron chi connectivity index (χ4n) is 4.61. The summed E-state index contributed by atoms with van der Waals surface area (Å²) in [5.41, 5.74) is 2.28. The molecule has 0 bridgehead atoms. The van der Waals surface area contributed by atoms with Crippen molar-refractivity contribution in [3.05, 3.63) is 45.5 Å². The Kier molecular flexibility index (Phi) is 8.82. The highest BCUT2D eigenvalue weighted by molar-refractivity contribution is 6.42. The summed E-state index contributed by atoms with van der Waals surface area (Å²) >= 11 is 12.1. The Morgan fingerprint density at radius 1 is 1.19 bits per heavy atom. The number of benzene rings is 1. The molecule has 1 heterocycles. The van der Waals surface area contributed by atoms with E-state index >= 15 is 0 Å². The number of halogens is 2. The molecule has 0 radical (unpaired) electrons. The third-order valence-electron chi connectivity index (χ3n) is 6.30. The lowest BCUT2D eigenvalue weighted by atomic mass is 9.87. The normalized spacial score (nSPS) is 21.6. The molecule has 3 rings (SSSR count). The minimum atomic E-state index is -0.227. The molecule has 7 heteroatoms. The van der Waals surface area contributed by atoms with Crippen LogP contribution in [0.1, 0.15) is 51.0 Å². The maximum absolute atomic E-state index is 13.1. The molecule has 0 aromatic heterocycles. The van der Waals surface area contributed by atoms with Crippen molar-refractivity contribution < 1.29 is 14.3 Å². The fourth-order valence-corrected chi connectivity index (χ4v) is 4.93. The second-order valence-electron chi connectivity index (χ2n) is 8.54. The summed E-state index contributed by atoms with van der Waals surface area (Å²) in [4.78, 5) is 28.5. The molecule has 1 aromatic carbocycles. The summed E-state index contributed by atoms with van der Waals surface area (Å²) in [6.45, 7) is 4.06. The van der Waals surface area contributed by atoms with Crippen molar-refractivity contribution >= 4 is 35.1 Å². The Morgan fingerprint density at radius 2 is 1.94 bits per heavy atom. The first-order chi connectivity index (χ1) is 14.8. The van der Waals surface area contributed by atoms with Crippen LogP contribution in [-0.2, 0) is 20.7 Å². The van der Waals surface area contributed by atoms with Crippen molar-refractivity contribution in [2.45, 2.75) is 64.0 Å². The summed E-state index contributed by atoms with van der Waals surface area (Å²) in [5.74, 6) is -0.131. The van der Waals surface area contributed by atoms with Crippen LogP contribution in [-0.4, -0.2) is 60.5 Å². The first-order valence-corrected chi connectivity index (χ1v) is 11.9. The van der Waals surface area contributed by atoms with Gasteiger partial charge in [0.2, 0.25) is 5.91 Å². The topological polar surface area (TPSA) is 49.9 Å². The first kappa shape index (κ1) is 24.1. The number of ether oxygens (including phenoxy) is 1. The van der Waals surface area contributed by atoms with Gasteiger partial charge < -0.3 is 9.64 Å². The second-order valence-corrected chi connectivity index (χ2v) is 9.35. The molecule has 170 valence electrons. The Hall–Kier alpha value is -1.56. The number of amides is 1. The number of carbonyl (C=O) groups excluding carboxylic acids is 2. The molecular formula is C24H32Cl2N2O3. The SMILES string of the molecule is CC(=O)OCCCC1=CC(N2CCCC2)C(N(C)C(=O)Cc2ccc(Cl)c(Cl)c2)CC1. The van der Waals surface area contributed by atoms with Gasteiger partial charge in [0.25, 0.3) is 0 Å². The zero-order valence-corrected chi connectivity index (χ0v) is 19.9. The Morgan fingerprint density at radius 3 is 2.61 bits per heavy atom. The number of hydrogen-bond donors (Lipinski definition) is 0. The van der Waals surface area contributed by atoms with Crippen LogP contribution in [0.5, 0.6) is 0 Å². The van der Waals surface area contributed by atoms with Crippen molar-refractivity contribution in [2.24, 2.45) is 0 Å². The fraction of sp³-hybridized carbons (Fsp3) is 0.583. The van der Waals surface area contributed by atoms with Crippen LogP contribution in [0.3, 0.4) is 0 Å². The molecule has 0 saturated carbocycles. The van der Waals surface area contributed by atoms with Crippen LogP contribution in [0.15, 0.2) is 29.8 Å². The molecule has 1 amide bonds. The van der Waals surface area contributed by atoms with E-state index in [1.807, 2.05) is 18.0 Å². The average Bonchev–Trinajstić information content (AvgIpc) is 3.28. The van der Waals surface area contributed by atoms with Gasteiger partial charge in [-0.1, -0.05) is 40.9 Å². The number of hydrogen-bond acceptors (Lipinski definition) is 4. The van der Waals surface area contributed by atoms with Gasteiger partial charge in [-0.05, 0) is 69.3 Å². The van der Waals surface area contributed by atoms with Crippen LogP contribution in [0.2, 0.25) is 10.0 Å². The van der Waals surface area contributed by atoms with Crippen LogP contribution >= 0.6 is 23.2 Å². The van der Waals surface area contributed by atoms with E-state index in [2.05, 4.69) is 11.0 Å². The molecule has 1 aliphatic carbocycles. The van der Waals surface area contributed by atoms with Crippen LogP contribution in [0.4, 0.5) is 0 Å². The number of allylic oxidation sites excluding steroid dienone is 1. The number of rotatable bonds is 8. The van der Waals surface area contributed by atoms with Gasteiger partial charge in [-0.25, -0.2) is 0 Å². The van der Waals surface area contributed by atoms with Gasteiger partial charge in [-0.3, -0.25) is 14.5 Å². The van der Waals surface area contributed by atoms with Crippen molar-refractivity contribution in [3.63, 3.8) is 0 Å². The smallest absolute Gasteiger partial charge is 0.302 e. The molecule has 1 aromatic rings. The maximum Gasteiger partial charge on any atom is 0.302 e. The molecular weight excluding hydrogens is 435 g/mol. The molecule has 2 aliphatic rings. The van der Waals surface area contributed by atoms with Gasteiger partial charge >= 0.3 is 5.97 Å². The lowest BCUT2D eigenvalue weighted by Gasteiger charge is -2.41. The minimum Gasteiger partial charge on any atom is -0.466 e. The lowest BCUT2D eigenvalue weighted by molar-refractivity contribution is -0.141. The van der Waals surface area contributed by atoms with Crippen LogP contribution < -0.4 is 0 Å². The molecule has 1 saturated heterocycles. The molecule has 1 aliphatic heterocycles. The summed E-state index contributed by atoms with van der Waals surface area (Å²) in [5, 5.41) is 0.975. The number of carbonyl (C=O) groups is 2. The van der Waals surface area contributed by atoms with Gasteiger partial charge in [0, 0.05) is 20.0 Å². The molecule has 5 nitrogen and oxygen atoms in total. The molecule has 2 atom stereocenters. The standard InChI is InChI=1S/C24H32Cl2N2O3/c1-17(29)31-13-5-6-18-8-10-22(23(15-18)28-11-3-4-12-28)27(2)24(30)16-19-7-9-20(25)21(26)14-19/h7,9,14-15,22-23H,3-6,8,10-13,16H2,1-2H3. The number of esters is 1. The highest BCUT2D eigenvalue weighted by atomic mass is 35.5. The molecule has 2 unspecified atom stereocenters. The average molecular weight is 467 g/mol. The Balaban J connectivity index is 1.66. The van der Waals surface area contributed by atoms with Gasteiger partial charge in [0.15, 0.2) is 0 Å². The van der Waals surface area contributed by atoms with Crippen LogP contribution in [0.25, 0.3) is 0 Å². The lowest BCUT2D eigenvalue weighted by Crippen LogP contribution is -2.52. The maximum atomic E-state index is 13.1. The molecule has 0 N–H and O–H groups in total. The molecule has 0 spiro atoms. The summed E-state index contributed by atoms with van der Waals surface area (Å²) in [6.07, 6.45) is 8.80. The zero-order chi connectivity index (χ0) is 22.4. The largest absolute Gasteiger partial charge is 0.466 e. The second kappa shape index (κ2) is 11.3.